The van der Waals surface area contributed by atoms with Crippen molar-refractivity contribution in [1.29, 1.82) is 0 Å². The first-order valence-electron chi connectivity index (χ1n) is 7.04. The molecule has 0 aliphatic carbocycles. The Hall–Kier alpha value is -1.62. The van der Waals surface area contributed by atoms with Crippen LogP contribution in [0.3, 0.4) is 0 Å². The lowest BCUT2D eigenvalue weighted by molar-refractivity contribution is 0.0610. The van der Waals surface area contributed by atoms with Crippen LogP contribution >= 0.6 is 11.3 Å². The number of nitrogens with one attached hydrogen (secondary N) is 1. The Morgan fingerprint density at radius 3 is 2.90 bits per heavy atom. The van der Waals surface area contributed by atoms with Crippen LogP contribution < -0.4 is 0 Å². The summed E-state index contributed by atoms with van der Waals surface area (Å²) in [5.41, 5.74) is 2.23. The topological polar surface area (TPSA) is 49.0 Å². The van der Waals surface area contributed by atoms with E-state index in [2.05, 4.69) is 10.2 Å². The lowest BCUT2D eigenvalue weighted by atomic mass is 9.97. The molecule has 0 bridgehead atoms. The second kappa shape index (κ2) is 5.40. The number of rotatable bonds is 2. The van der Waals surface area contributed by atoms with E-state index in [9.17, 15) is 4.79 Å². The first-order valence-corrected chi connectivity index (χ1v) is 7.85. The van der Waals surface area contributed by atoms with Gasteiger partial charge in [0.2, 0.25) is 0 Å². The minimum atomic E-state index is 0.140. The molecule has 3 heterocycles. The van der Waals surface area contributed by atoms with E-state index in [-0.39, 0.29) is 11.9 Å². The summed E-state index contributed by atoms with van der Waals surface area (Å²) in [7, 11) is 0. The highest BCUT2D eigenvalue weighted by Gasteiger charge is 2.31. The number of carbonyl (C=O) groups is 1. The van der Waals surface area contributed by atoms with Gasteiger partial charge < -0.3 is 4.90 Å². The Labute approximate surface area is 122 Å². The number of aryl methyl sites for hydroxylation is 2. The third-order valence-electron chi connectivity index (χ3n) is 3.92. The van der Waals surface area contributed by atoms with Crippen molar-refractivity contribution in [3.05, 3.63) is 39.3 Å². The van der Waals surface area contributed by atoms with Crippen LogP contribution in [0.5, 0.6) is 0 Å². The summed E-state index contributed by atoms with van der Waals surface area (Å²) >= 11 is 1.58. The van der Waals surface area contributed by atoms with E-state index in [1.807, 2.05) is 37.1 Å². The minimum Gasteiger partial charge on any atom is -0.329 e. The van der Waals surface area contributed by atoms with Crippen molar-refractivity contribution < 1.29 is 4.79 Å². The van der Waals surface area contributed by atoms with Crippen LogP contribution in [0.1, 0.15) is 51.1 Å². The molecule has 1 saturated heterocycles. The summed E-state index contributed by atoms with van der Waals surface area (Å²) in [4.78, 5) is 16.8. The molecule has 0 aromatic carbocycles. The van der Waals surface area contributed by atoms with Crippen LogP contribution in [0.2, 0.25) is 0 Å². The van der Waals surface area contributed by atoms with Crippen LogP contribution in [0.4, 0.5) is 0 Å². The second-order valence-electron chi connectivity index (χ2n) is 5.39. The lowest BCUT2D eigenvalue weighted by Crippen LogP contribution is -2.38. The van der Waals surface area contributed by atoms with Gasteiger partial charge in [-0.15, -0.1) is 11.3 Å². The zero-order valence-corrected chi connectivity index (χ0v) is 12.7. The first-order chi connectivity index (χ1) is 9.66. The van der Waals surface area contributed by atoms with E-state index < -0.39 is 0 Å². The molecule has 0 radical (unpaired) electrons. The minimum absolute atomic E-state index is 0.140. The van der Waals surface area contributed by atoms with Gasteiger partial charge in [0.05, 0.1) is 22.8 Å². The molecule has 106 valence electrons. The number of hydrogen-bond donors (Lipinski definition) is 1. The molecule has 2 aromatic heterocycles. The van der Waals surface area contributed by atoms with E-state index in [1.165, 1.54) is 4.88 Å². The lowest BCUT2D eigenvalue weighted by Gasteiger charge is -2.35. The predicted octanol–water partition coefficient (Wildman–Crippen LogP) is 3.46. The SMILES string of the molecule is Cc1ccc(C(=O)N2CCCC[C@@H]2c2[nH]ncc2C)s1. The fourth-order valence-corrected chi connectivity index (χ4v) is 3.68. The number of nitrogens with zero attached hydrogens (tertiary/aromatic N) is 2. The molecular formula is C15H19N3OS. The van der Waals surface area contributed by atoms with Crippen LogP contribution in [0.15, 0.2) is 18.3 Å². The van der Waals surface area contributed by atoms with E-state index in [4.69, 9.17) is 0 Å². The van der Waals surface area contributed by atoms with Crippen molar-refractivity contribution in [2.75, 3.05) is 6.54 Å². The average molecular weight is 289 g/mol. The molecule has 1 N–H and O–H groups in total. The van der Waals surface area contributed by atoms with Gasteiger partial charge in [0.15, 0.2) is 0 Å². The molecule has 1 aliphatic rings. The summed E-state index contributed by atoms with van der Waals surface area (Å²) in [6.45, 7) is 4.92. The molecule has 2 aromatic rings. The average Bonchev–Trinajstić information content (AvgIpc) is 3.07. The Balaban J connectivity index is 1.89. The Morgan fingerprint density at radius 1 is 1.40 bits per heavy atom. The molecular weight excluding hydrogens is 270 g/mol. The van der Waals surface area contributed by atoms with Gasteiger partial charge in [-0.2, -0.15) is 5.10 Å². The summed E-state index contributed by atoms with van der Waals surface area (Å²) in [5, 5.41) is 7.18. The maximum Gasteiger partial charge on any atom is 0.264 e. The summed E-state index contributed by atoms with van der Waals surface area (Å²) in [5.74, 6) is 0.154. The number of amides is 1. The van der Waals surface area contributed by atoms with Crippen molar-refractivity contribution >= 4 is 17.2 Å². The number of likely N-dealkylation sites (tertiary alicyclic amines) is 1. The van der Waals surface area contributed by atoms with Gasteiger partial charge in [0, 0.05) is 11.4 Å². The summed E-state index contributed by atoms with van der Waals surface area (Å²) in [6.07, 6.45) is 5.09. The van der Waals surface area contributed by atoms with Crippen LogP contribution in [-0.2, 0) is 0 Å². The number of carbonyl (C=O) groups excluding carboxylic acids is 1. The quantitative estimate of drug-likeness (QED) is 0.920. The highest BCUT2D eigenvalue weighted by molar-refractivity contribution is 7.13. The number of H-pyrrole nitrogens is 1. The van der Waals surface area contributed by atoms with Gasteiger partial charge in [-0.25, -0.2) is 0 Å². The molecule has 1 aliphatic heterocycles. The number of aromatic nitrogens is 2. The van der Waals surface area contributed by atoms with Gasteiger partial charge in [-0.05, 0) is 50.8 Å². The second-order valence-corrected chi connectivity index (χ2v) is 6.68. The Bertz CT molecular complexity index is 616. The monoisotopic (exact) mass is 289 g/mol. The van der Waals surface area contributed by atoms with Gasteiger partial charge in [0.25, 0.3) is 5.91 Å². The molecule has 5 heteroatoms. The maximum absolute atomic E-state index is 12.7. The Kier molecular flexibility index (Phi) is 3.61. The zero-order valence-electron chi connectivity index (χ0n) is 11.8. The largest absolute Gasteiger partial charge is 0.329 e. The normalized spacial score (nSPS) is 19.3. The van der Waals surface area contributed by atoms with Gasteiger partial charge >= 0.3 is 0 Å². The van der Waals surface area contributed by atoms with Crippen molar-refractivity contribution in [2.24, 2.45) is 0 Å². The van der Waals surface area contributed by atoms with E-state index in [1.54, 1.807) is 11.3 Å². The van der Waals surface area contributed by atoms with Crippen LogP contribution in [-0.4, -0.2) is 27.5 Å². The van der Waals surface area contributed by atoms with E-state index in [0.717, 1.165) is 41.9 Å². The standard InChI is InChI=1S/C15H19N3OS/c1-10-9-16-17-14(10)12-5-3-4-8-18(12)15(19)13-7-6-11(2)20-13/h6-7,9,12H,3-5,8H2,1-2H3,(H,16,17)/t12-/m1/s1. The van der Waals surface area contributed by atoms with E-state index in [0.29, 0.717) is 0 Å². The van der Waals surface area contributed by atoms with Gasteiger partial charge in [-0.3, -0.25) is 9.89 Å². The zero-order chi connectivity index (χ0) is 14.1. The Morgan fingerprint density at radius 2 is 2.25 bits per heavy atom. The van der Waals surface area contributed by atoms with E-state index >= 15 is 0 Å². The van der Waals surface area contributed by atoms with Gasteiger partial charge in [-0.1, -0.05) is 0 Å². The fourth-order valence-electron chi connectivity index (χ4n) is 2.86. The highest BCUT2D eigenvalue weighted by Crippen LogP contribution is 2.33. The third-order valence-corrected chi connectivity index (χ3v) is 4.90. The number of thiophene rings is 1. The van der Waals surface area contributed by atoms with Crippen molar-refractivity contribution in [2.45, 2.75) is 39.2 Å². The molecule has 3 rings (SSSR count). The molecule has 20 heavy (non-hydrogen) atoms. The summed E-state index contributed by atoms with van der Waals surface area (Å²) < 4.78 is 0. The fraction of sp³-hybridized carbons (Fsp3) is 0.467. The van der Waals surface area contributed by atoms with Crippen LogP contribution in [0, 0.1) is 13.8 Å². The molecule has 0 saturated carbocycles. The number of piperidine rings is 1. The van der Waals surface area contributed by atoms with Crippen molar-refractivity contribution in [3.8, 4) is 0 Å². The molecule has 1 amide bonds. The molecule has 1 atom stereocenters. The first kappa shape index (κ1) is 13.4. The summed E-state index contributed by atoms with van der Waals surface area (Å²) in [6, 6.07) is 4.09. The number of hydrogen-bond acceptors (Lipinski definition) is 3. The number of aromatic amines is 1. The molecule has 0 unspecified atom stereocenters. The molecule has 4 nitrogen and oxygen atoms in total. The van der Waals surface area contributed by atoms with Gasteiger partial charge in [0.1, 0.15) is 0 Å². The molecule has 1 fully saturated rings. The van der Waals surface area contributed by atoms with Crippen LogP contribution in [0.25, 0.3) is 0 Å². The highest BCUT2D eigenvalue weighted by atomic mass is 32.1. The van der Waals surface area contributed by atoms with Crippen molar-refractivity contribution in [3.63, 3.8) is 0 Å². The third kappa shape index (κ3) is 2.38. The maximum atomic E-state index is 12.7. The predicted molar refractivity (Wildman–Crippen MR) is 80.0 cm³/mol. The van der Waals surface area contributed by atoms with Crippen molar-refractivity contribution in [1.82, 2.24) is 15.1 Å². The molecule has 0 spiro atoms. The smallest absolute Gasteiger partial charge is 0.264 e.